The summed E-state index contributed by atoms with van der Waals surface area (Å²) in [6.45, 7) is 8.04. The van der Waals surface area contributed by atoms with E-state index in [1.165, 1.54) is 0 Å². The van der Waals surface area contributed by atoms with Gasteiger partial charge in [0, 0.05) is 19.1 Å². The quantitative estimate of drug-likeness (QED) is 0.528. The lowest BCUT2D eigenvalue weighted by Crippen LogP contribution is -2.06. The largest absolute Gasteiger partial charge is 0.507 e. The van der Waals surface area contributed by atoms with Crippen molar-refractivity contribution in [3.05, 3.63) is 23.8 Å². The molecule has 0 aliphatic carbocycles. The Balaban J connectivity index is 3.19. The maximum Gasteiger partial charge on any atom is 0.172 e. The number of benzene rings is 1. The van der Waals surface area contributed by atoms with Crippen LogP contribution in [-0.4, -0.2) is 34.3 Å². The van der Waals surface area contributed by atoms with Crippen LogP contribution in [0.2, 0.25) is 0 Å². The number of phenolic OH excluding ortho intramolecular Hbond substituents is 3. The van der Waals surface area contributed by atoms with Crippen LogP contribution >= 0.6 is 0 Å². The van der Waals surface area contributed by atoms with Gasteiger partial charge >= 0.3 is 0 Å². The average molecular weight is 280 g/mol. The van der Waals surface area contributed by atoms with Crippen molar-refractivity contribution in [3.8, 4) is 17.2 Å². The van der Waals surface area contributed by atoms with Crippen LogP contribution in [0, 0.1) is 0 Å². The Morgan fingerprint density at radius 1 is 1.20 bits per heavy atom. The summed E-state index contributed by atoms with van der Waals surface area (Å²) < 4.78 is 5.08. The van der Waals surface area contributed by atoms with Gasteiger partial charge in [-0.25, -0.2) is 0 Å². The number of Topliss-reactive ketones (excluding diaryl/α,β-unsaturated/α-hetero) is 1. The second-order valence-electron chi connectivity index (χ2n) is 4.34. The molecule has 20 heavy (non-hydrogen) atoms. The van der Waals surface area contributed by atoms with Crippen LogP contribution in [0.15, 0.2) is 12.6 Å². The number of ether oxygens (including phenoxy) is 1. The zero-order chi connectivity index (χ0) is 15.3. The van der Waals surface area contributed by atoms with Crippen molar-refractivity contribution in [2.75, 3.05) is 13.2 Å². The van der Waals surface area contributed by atoms with Crippen LogP contribution in [0.5, 0.6) is 17.2 Å². The summed E-state index contributed by atoms with van der Waals surface area (Å²) >= 11 is 0. The SMILES string of the molecule is C=C(CC)c1c(O)cc(O)c(C(=O)CCOCC)c1O. The molecule has 0 unspecified atom stereocenters. The molecule has 0 radical (unpaired) electrons. The van der Waals surface area contributed by atoms with Gasteiger partial charge in [0.25, 0.3) is 0 Å². The van der Waals surface area contributed by atoms with Gasteiger partial charge in [-0.15, -0.1) is 0 Å². The maximum atomic E-state index is 12.0. The topological polar surface area (TPSA) is 87.0 Å². The van der Waals surface area contributed by atoms with E-state index in [2.05, 4.69) is 6.58 Å². The third-order valence-corrected chi connectivity index (χ3v) is 3.00. The van der Waals surface area contributed by atoms with Crippen molar-refractivity contribution in [2.45, 2.75) is 26.7 Å². The number of hydrogen-bond acceptors (Lipinski definition) is 5. The lowest BCUT2D eigenvalue weighted by atomic mass is 9.96. The number of aromatic hydroxyl groups is 3. The van der Waals surface area contributed by atoms with E-state index in [1.807, 2.05) is 13.8 Å². The van der Waals surface area contributed by atoms with Crippen LogP contribution in [0.25, 0.3) is 5.57 Å². The maximum absolute atomic E-state index is 12.0. The monoisotopic (exact) mass is 280 g/mol. The van der Waals surface area contributed by atoms with Gasteiger partial charge in [-0.3, -0.25) is 4.79 Å². The Morgan fingerprint density at radius 2 is 1.80 bits per heavy atom. The van der Waals surface area contributed by atoms with Crippen molar-refractivity contribution < 1.29 is 24.9 Å². The van der Waals surface area contributed by atoms with Gasteiger partial charge in [-0.05, 0) is 18.9 Å². The molecule has 0 fully saturated rings. The van der Waals surface area contributed by atoms with Gasteiger partial charge in [0.05, 0.1) is 12.2 Å². The molecule has 1 aromatic carbocycles. The van der Waals surface area contributed by atoms with Crippen LogP contribution < -0.4 is 0 Å². The molecule has 0 saturated heterocycles. The first-order valence-electron chi connectivity index (χ1n) is 6.50. The lowest BCUT2D eigenvalue weighted by Gasteiger charge is -2.14. The second kappa shape index (κ2) is 6.96. The smallest absolute Gasteiger partial charge is 0.172 e. The lowest BCUT2D eigenvalue weighted by molar-refractivity contribution is 0.0891. The highest BCUT2D eigenvalue weighted by Crippen LogP contribution is 2.42. The molecule has 0 aliphatic rings. The fourth-order valence-corrected chi connectivity index (χ4v) is 1.88. The summed E-state index contributed by atoms with van der Waals surface area (Å²) in [5, 5.41) is 29.7. The third-order valence-electron chi connectivity index (χ3n) is 3.00. The summed E-state index contributed by atoms with van der Waals surface area (Å²) in [4.78, 5) is 12.0. The summed E-state index contributed by atoms with van der Waals surface area (Å²) in [5.74, 6) is -1.63. The number of allylic oxidation sites excluding steroid dienone is 1. The highest BCUT2D eigenvalue weighted by Gasteiger charge is 2.23. The first kappa shape index (κ1) is 16.0. The zero-order valence-corrected chi connectivity index (χ0v) is 11.8. The van der Waals surface area contributed by atoms with Crippen molar-refractivity contribution in [2.24, 2.45) is 0 Å². The molecular formula is C15H20O5. The number of carbonyl (C=O) groups excluding carboxylic acids is 1. The van der Waals surface area contributed by atoms with Crippen LogP contribution in [0.1, 0.15) is 42.6 Å². The van der Waals surface area contributed by atoms with Crippen LogP contribution in [-0.2, 0) is 4.74 Å². The Bertz CT molecular complexity index is 519. The summed E-state index contributed by atoms with van der Waals surface area (Å²) in [7, 11) is 0. The van der Waals surface area contributed by atoms with E-state index in [-0.39, 0.29) is 29.9 Å². The summed E-state index contributed by atoms with van der Waals surface area (Å²) in [6.07, 6.45) is 0.538. The molecule has 0 bridgehead atoms. The molecule has 0 amide bonds. The Morgan fingerprint density at radius 3 is 2.35 bits per heavy atom. The molecule has 0 atom stereocenters. The van der Waals surface area contributed by atoms with E-state index in [0.717, 1.165) is 6.07 Å². The number of hydrogen-bond donors (Lipinski definition) is 3. The standard InChI is InChI=1S/C15H20O5/c1-4-9(3)13-11(17)8-12(18)14(15(13)19)10(16)6-7-20-5-2/h8,17-19H,3-7H2,1-2H3. The molecule has 0 spiro atoms. The number of phenols is 3. The number of rotatable bonds is 7. The van der Waals surface area contributed by atoms with Gasteiger partial charge in [0.15, 0.2) is 5.78 Å². The molecule has 3 N–H and O–H groups in total. The summed E-state index contributed by atoms with van der Waals surface area (Å²) in [5.41, 5.74) is 0.385. The highest BCUT2D eigenvalue weighted by atomic mass is 16.5. The van der Waals surface area contributed by atoms with E-state index < -0.39 is 17.3 Å². The van der Waals surface area contributed by atoms with Gasteiger partial charge < -0.3 is 20.1 Å². The van der Waals surface area contributed by atoms with Crippen LogP contribution in [0.3, 0.4) is 0 Å². The molecule has 110 valence electrons. The van der Waals surface area contributed by atoms with Crippen LogP contribution in [0.4, 0.5) is 0 Å². The van der Waals surface area contributed by atoms with Crippen molar-refractivity contribution in [3.63, 3.8) is 0 Å². The van der Waals surface area contributed by atoms with E-state index in [4.69, 9.17) is 4.74 Å². The highest BCUT2D eigenvalue weighted by molar-refractivity contribution is 6.03. The van der Waals surface area contributed by atoms with Gasteiger partial charge in [0.1, 0.15) is 22.8 Å². The minimum Gasteiger partial charge on any atom is -0.507 e. The Labute approximate surface area is 118 Å². The van der Waals surface area contributed by atoms with Gasteiger partial charge in [-0.2, -0.15) is 0 Å². The molecule has 0 aromatic heterocycles. The van der Waals surface area contributed by atoms with E-state index in [9.17, 15) is 20.1 Å². The molecule has 1 aromatic rings. The third kappa shape index (κ3) is 3.30. The second-order valence-corrected chi connectivity index (χ2v) is 4.34. The van der Waals surface area contributed by atoms with E-state index >= 15 is 0 Å². The minimum absolute atomic E-state index is 0.0395. The average Bonchev–Trinajstić information content (AvgIpc) is 2.38. The normalized spacial score (nSPS) is 10.5. The minimum atomic E-state index is -0.450. The fourth-order valence-electron chi connectivity index (χ4n) is 1.88. The number of ketones is 1. The fraction of sp³-hybridized carbons (Fsp3) is 0.400. The molecule has 5 heteroatoms. The van der Waals surface area contributed by atoms with E-state index in [0.29, 0.717) is 18.6 Å². The molecule has 5 nitrogen and oxygen atoms in total. The van der Waals surface area contributed by atoms with Crippen molar-refractivity contribution in [1.29, 1.82) is 0 Å². The molecule has 1 rings (SSSR count). The molecule has 0 heterocycles. The predicted octanol–water partition coefficient (Wildman–Crippen LogP) is 2.84. The first-order valence-corrected chi connectivity index (χ1v) is 6.50. The summed E-state index contributed by atoms with van der Waals surface area (Å²) in [6, 6.07) is 1.05. The first-order chi connectivity index (χ1) is 9.43. The molecule has 0 saturated carbocycles. The van der Waals surface area contributed by atoms with Gasteiger partial charge in [0.2, 0.25) is 0 Å². The zero-order valence-electron chi connectivity index (χ0n) is 11.8. The van der Waals surface area contributed by atoms with E-state index in [1.54, 1.807) is 0 Å². The number of carbonyl (C=O) groups is 1. The predicted molar refractivity (Wildman–Crippen MR) is 76.2 cm³/mol. The van der Waals surface area contributed by atoms with Gasteiger partial charge in [-0.1, -0.05) is 13.5 Å². The molecule has 0 aliphatic heterocycles. The van der Waals surface area contributed by atoms with Crippen molar-refractivity contribution >= 4 is 11.4 Å². The molecular weight excluding hydrogens is 260 g/mol. The Kier molecular flexibility index (Phi) is 5.58. The van der Waals surface area contributed by atoms with Crippen molar-refractivity contribution in [1.82, 2.24) is 0 Å². The Hall–Kier alpha value is -2.01.